The summed E-state index contributed by atoms with van der Waals surface area (Å²) in [6, 6.07) is 6.12. The summed E-state index contributed by atoms with van der Waals surface area (Å²) in [5, 5.41) is 7.99. The number of aryl methyl sites for hydroxylation is 1. The van der Waals surface area contributed by atoms with Gasteiger partial charge in [0.2, 0.25) is 4.73 Å². The van der Waals surface area contributed by atoms with Gasteiger partial charge in [0, 0.05) is 0 Å². The van der Waals surface area contributed by atoms with Gasteiger partial charge < -0.3 is 0 Å². The maximum absolute atomic E-state index is 4.25. The van der Waals surface area contributed by atoms with E-state index in [1.807, 2.05) is 29.1 Å². The van der Waals surface area contributed by atoms with Crippen LogP contribution in [0.1, 0.15) is 5.82 Å². The van der Waals surface area contributed by atoms with Crippen LogP contribution < -0.4 is 0 Å². The first kappa shape index (κ1) is 9.92. The second kappa shape index (κ2) is 3.64. The van der Waals surface area contributed by atoms with Crippen LogP contribution in [-0.2, 0) is 0 Å². The van der Waals surface area contributed by atoms with Crippen LogP contribution in [0.25, 0.3) is 15.9 Å². The van der Waals surface area contributed by atoms with Crippen molar-refractivity contribution in [2.75, 3.05) is 0 Å². The number of halogens is 1. The number of aromatic nitrogens is 4. The lowest BCUT2D eigenvalue weighted by Crippen LogP contribution is -1.96. The Hall–Kier alpha value is -1.27. The van der Waals surface area contributed by atoms with Crippen molar-refractivity contribution in [2.45, 2.75) is 6.92 Å². The lowest BCUT2D eigenvalue weighted by atomic mass is 10.3. The van der Waals surface area contributed by atoms with Crippen LogP contribution in [0.2, 0.25) is 0 Å². The fourth-order valence-corrected chi connectivity index (χ4v) is 2.86. The molecular weight excluding hydrogens is 288 g/mol. The fourth-order valence-electron chi connectivity index (χ4n) is 1.61. The zero-order chi connectivity index (χ0) is 11.1. The summed E-state index contributed by atoms with van der Waals surface area (Å²) in [5.41, 5.74) is 3.92. The number of thiazole rings is 1. The van der Waals surface area contributed by atoms with E-state index in [0.29, 0.717) is 4.73 Å². The molecule has 0 saturated heterocycles. The zero-order valence-corrected chi connectivity index (χ0v) is 10.8. The first-order chi connectivity index (χ1) is 7.75. The Labute approximate surface area is 104 Å². The molecule has 0 spiro atoms. The minimum Gasteiger partial charge on any atom is -0.274 e. The van der Waals surface area contributed by atoms with E-state index >= 15 is 0 Å². The molecule has 0 saturated carbocycles. The number of benzene rings is 1. The minimum absolute atomic E-state index is 0.717. The van der Waals surface area contributed by atoms with Crippen molar-refractivity contribution in [3.8, 4) is 5.69 Å². The molecule has 80 valence electrons. The Morgan fingerprint density at radius 3 is 2.94 bits per heavy atom. The quantitative estimate of drug-likeness (QED) is 0.693. The molecule has 0 radical (unpaired) electrons. The van der Waals surface area contributed by atoms with Crippen LogP contribution in [0, 0.1) is 6.92 Å². The third-order valence-corrected chi connectivity index (χ3v) is 3.66. The summed E-state index contributed by atoms with van der Waals surface area (Å²) in [6.07, 6.45) is 0. The Morgan fingerprint density at radius 2 is 2.19 bits per heavy atom. The van der Waals surface area contributed by atoms with Gasteiger partial charge in [-0.25, -0.2) is 4.98 Å². The van der Waals surface area contributed by atoms with Crippen LogP contribution in [0.4, 0.5) is 0 Å². The highest BCUT2D eigenvalue weighted by Crippen LogP contribution is 2.23. The fraction of sp³-hybridized carbons (Fsp3) is 0.100. The van der Waals surface area contributed by atoms with Crippen molar-refractivity contribution in [2.24, 2.45) is 0 Å². The molecule has 0 aliphatic carbocycles. The number of fused-ring (bicyclic) bond motifs is 1. The molecular formula is C10H7BrN4S. The molecule has 2 heterocycles. The lowest BCUT2D eigenvalue weighted by molar-refractivity contribution is 0.959. The van der Waals surface area contributed by atoms with Gasteiger partial charge in [-0.05, 0) is 41.1 Å². The molecule has 16 heavy (non-hydrogen) atoms. The molecule has 6 heteroatoms. The minimum atomic E-state index is 0.717. The van der Waals surface area contributed by atoms with Gasteiger partial charge in [0.25, 0.3) is 0 Å². The van der Waals surface area contributed by atoms with Gasteiger partial charge in [0.15, 0.2) is 0 Å². The van der Waals surface area contributed by atoms with Crippen LogP contribution in [0.15, 0.2) is 28.4 Å². The van der Waals surface area contributed by atoms with Gasteiger partial charge in [0.1, 0.15) is 5.82 Å². The van der Waals surface area contributed by atoms with Crippen molar-refractivity contribution in [3.05, 3.63) is 34.3 Å². The van der Waals surface area contributed by atoms with E-state index in [4.69, 9.17) is 0 Å². The summed E-state index contributed by atoms with van der Waals surface area (Å²) in [4.78, 5) is 4.25. The molecule has 2 aromatic heterocycles. The summed E-state index contributed by atoms with van der Waals surface area (Å²) < 4.78 is 3.84. The van der Waals surface area contributed by atoms with Gasteiger partial charge in [-0.3, -0.25) is 4.57 Å². The SMILES string of the molecule is Cc1nnc(Br)n1-c1ccc2ncsc2c1. The highest BCUT2D eigenvalue weighted by Gasteiger charge is 2.08. The Kier molecular flexibility index (Phi) is 2.26. The topological polar surface area (TPSA) is 43.6 Å². The van der Waals surface area contributed by atoms with Gasteiger partial charge in [-0.2, -0.15) is 0 Å². The smallest absolute Gasteiger partial charge is 0.204 e. The maximum Gasteiger partial charge on any atom is 0.204 e. The van der Waals surface area contributed by atoms with E-state index in [9.17, 15) is 0 Å². The second-order valence-corrected chi connectivity index (χ2v) is 4.95. The van der Waals surface area contributed by atoms with Crippen LogP contribution >= 0.6 is 27.3 Å². The Morgan fingerprint density at radius 1 is 1.31 bits per heavy atom. The predicted octanol–water partition coefficient (Wildman–Crippen LogP) is 2.95. The number of hydrogen-bond donors (Lipinski definition) is 0. The summed E-state index contributed by atoms with van der Waals surface area (Å²) in [5.74, 6) is 0.857. The first-order valence-corrected chi connectivity index (χ1v) is 6.34. The predicted molar refractivity (Wildman–Crippen MR) is 67.0 cm³/mol. The molecule has 0 unspecified atom stereocenters. The second-order valence-electron chi connectivity index (χ2n) is 3.36. The van der Waals surface area contributed by atoms with E-state index in [-0.39, 0.29) is 0 Å². The number of hydrogen-bond acceptors (Lipinski definition) is 4. The number of rotatable bonds is 1. The molecule has 4 nitrogen and oxygen atoms in total. The lowest BCUT2D eigenvalue weighted by Gasteiger charge is -2.04. The third kappa shape index (κ3) is 1.45. The van der Waals surface area contributed by atoms with E-state index in [2.05, 4.69) is 37.2 Å². The van der Waals surface area contributed by atoms with Crippen LogP contribution in [0.3, 0.4) is 0 Å². The molecule has 3 rings (SSSR count). The molecule has 0 amide bonds. The van der Waals surface area contributed by atoms with E-state index < -0.39 is 0 Å². The van der Waals surface area contributed by atoms with E-state index in [1.165, 1.54) is 0 Å². The van der Waals surface area contributed by atoms with Crippen molar-refractivity contribution in [1.82, 2.24) is 19.7 Å². The molecule has 0 aliphatic rings. The molecule has 0 fully saturated rings. The van der Waals surface area contributed by atoms with Gasteiger partial charge in [0.05, 0.1) is 21.4 Å². The zero-order valence-electron chi connectivity index (χ0n) is 8.38. The molecule has 0 aliphatic heterocycles. The first-order valence-electron chi connectivity index (χ1n) is 4.67. The standard InChI is InChI=1S/C10H7BrN4S/c1-6-13-14-10(11)15(6)7-2-3-8-9(4-7)16-5-12-8/h2-5H,1H3. The summed E-state index contributed by atoms with van der Waals surface area (Å²) in [7, 11) is 0. The van der Waals surface area contributed by atoms with Crippen molar-refractivity contribution in [3.63, 3.8) is 0 Å². The Balaban J connectivity index is 2.25. The Bertz CT molecular complexity index is 638. The molecule has 0 atom stereocenters. The summed E-state index contributed by atoms with van der Waals surface area (Å²) in [6.45, 7) is 1.93. The molecule has 1 aromatic carbocycles. The van der Waals surface area contributed by atoms with Crippen LogP contribution in [0.5, 0.6) is 0 Å². The highest BCUT2D eigenvalue weighted by molar-refractivity contribution is 9.10. The monoisotopic (exact) mass is 294 g/mol. The van der Waals surface area contributed by atoms with Crippen molar-refractivity contribution < 1.29 is 0 Å². The van der Waals surface area contributed by atoms with Gasteiger partial charge in [-0.15, -0.1) is 21.5 Å². The normalized spacial score (nSPS) is 11.1. The molecule has 0 N–H and O–H groups in total. The van der Waals surface area contributed by atoms with Crippen LogP contribution in [-0.4, -0.2) is 19.7 Å². The molecule has 3 aromatic rings. The largest absolute Gasteiger partial charge is 0.274 e. The van der Waals surface area contributed by atoms with E-state index in [0.717, 1.165) is 21.7 Å². The molecule has 0 bridgehead atoms. The number of nitrogens with zero attached hydrogens (tertiary/aromatic N) is 4. The van der Waals surface area contributed by atoms with Gasteiger partial charge >= 0.3 is 0 Å². The van der Waals surface area contributed by atoms with Crippen molar-refractivity contribution in [1.29, 1.82) is 0 Å². The van der Waals surface area contributed by atoms with E-state index in [1.54, 1.807) is 11.3 Å². The maximum atomic E-state index is 4.25. The highest BCUT2D eigenvalue weighted by atomic mass is 79.9. The average molecular weight is 295 g/mol. The van der Waals surface area contributed by atoms with Gasteiger partial charge in [-0.1, -0.05) is 0 Å². The summed E-state index contributed by atoms with van der Waals surface area (Å²) >= 11 is 5.02. The third-order valence-electron chi connectivity index (χ3n) is 2.36. The van der Waals surface area contributed by atoms with Crippen molar-refractivity contribution >= 4 is 37.5 Å². The average Bonchev–Trinajstić information content (AvgIpc) is 2.85.